The zero-order chi connectivity index (χ0) is 17.9. The van der Waals surface area contributed by atoms with Crippen molar-refractivity contribution < 1.29 is 23.7 Å². The first-order valence-corrected chi connectivity index (χ1v) is 7.91. The van der Waals surface area contributed by atoms with Gasteiger partial charge in [0.15, 0.2) is 11.5 Å². The fraction of sp³-hybridized carbons (Fsp3) is 0.500. The van der Waals surface area contributed by atoms with Crippen LogP contribution in [0, 0.1) is 0 Å². The molecule has 0 aliphatic carbocycles. The highest BCUT2D eigenvalue weighted by Crippen LogP contribution is 2.35. The molecule has 6 nitrogen and oxygen atoms in total. The predicted molar refractivity (Wildman–Crippen MR) is 93.8 cm³/mol. The van der Waals surface area contributed by atoms with Gasteiger partial charge in [0.05, 0.1) is 21.3 Å². The van der Waals surface area contributed by atoms with E-state index in [1.54, 1.807) is 40.5 Å². The molecule has 134 valence electrons. The quantitative estimate of drug-likeness (QED) is 0.662. The Morgan fingerprint density at radius 3 is 2.29 bits per heavy atom. The first kappa shape index (κ1) is 19.8. The van der Waals surface area contributed by atoms with Crippen LogP contribution >= 0.6 is 0 Å². The van der Waals surface area contributed by atoms with Crippen LogP contribution in [0.4, 0.5) is 0 Å². The van der Waals surface area contributed by atoms with E-state index >= 15 is 0 Å². The first-order valence-electron chi connectivity index (χ1n) is 7.91. The molecule has 1 aromatic rings. The van der Waals surface area contributed by atoms with Crippen LogP contribution in [0.25, 0.3) is 6.08 Å². The Hall–Kier alpha value is -2.21. The molecule has 0 aromatic heterocycles. The minimum atomic E-state index is -0.265. The fourth-order valence-corrected chi connectivity index (χ4v) is 2.26. The summed E-state index contributed by atoms with van der Waals surface area (Å²) < 4.78 is 21.1. The van der Waals surface area contributed by atoms with Gasteiger partial charge in [0, 0.05) is 11.6 Å². The van der Waals surface area contributed by atoms with Gasteiger partial charge in [-0.05, 0) is 25.6 Å². The summed E-state index contributed by atoms with van der Waals surface area (Å²) in [5.41, 5.74) is 0.810. The average Bonchev–Trinajstić information content (AvgIpc) is 2.62. The van der Waals surface area contributed by atoms with Gasteiger partial charge in [0.1, 0.15) is 18.4 Å². The molecule has 0 aliphatic rings. The lowest BCUT2D eigenvalue weighted by molar-refractivity contribution is -0.144. The van der Waals surface area contributed by atoms with E-state index in [1.807, 2.05) is 19.1 Å². The molecule has 0 spiro atoms. The van der Waals surface area contributed by atoms with E-state index in [1.165, 1.54) is 0 Å². The van der Waals surface area contributed by atoms with Gasteiger partial charge in [-0.25, -0.2) is 0 Å². The number of carbonyl (C=O) groups excluding carboxylic acids is 1. The molecule has 1 atom stereocenters. The number of benzene rings is 1. The van der Waals surface area contributed by atoms with Gasteiger partial charge in [0.25, 0.3) is 0 Å². The molecule has 1 N–H and O–H groups in total. The van der Waals surface area contributed by atoms with E-state index in [9.17, 15) is 4.79 Å². The van der Waals surface area contributed by atoms with Crippen LogP contribution in [0.1, 0.15) is 25.3 Å². The summed E-state index contributed by atoms with van der Waals surface area (Å²) in [4.78, 5) is 11.9. The van der Waals surface area contributed by atoms with Gasteiger partial charge in [-0.3, -0.25) is 4.79 Å². The predicted octanol–water partition coefficient (Wildman–Crippen LogP) is 2.66. The Morgan fingerprint density at radius 2 is 1.75 bits per heavy atom. The van der Waals surface area contributed by atoms with Crippen molar-refractivity contribution in [2.75, 3.05) is 35.0 Å². The van der Waals surface area contributed by atoms with Gasteiger partial charge in [-0.15, -0.1) is 0 Å². The summed E-state index contributed by atoms with van der Waals surface area (Å²) in [5, 5.41) is 2.96. The number of esters is 1. The molecule has 0 bridgehead atoms. The second-order valence-corrected chi connectivity index (χ2v) is 5.11. The molecule has 24 heavy (non-hydrogen) atoms. The number of methoxy groups -OCH3 is 3. The Bertz CT molecular complexity index is 557. The minimum Gasteiger partial charge on any atom is -0.496 e. The second-order valence-electron chi connectivity index (χ2n) is 5.11. The third-order valence-corrected chi connectivity index (χ3v) is 3.57. The summed E-state index contributed by atoms with van der Waals surface area (Å²) in [5.74, 6) is 1.60. The molecule has 0 heterocycles. The lowest BCUT2D eigenvalue weighted by Gasteiger charge is -2.13. The monoisotopic (exact) mass is 337 g/mol. The highest BCUT2D eigenvalue weighted by Gasteiger charge is 2.16. The zero-order valence-electron chi connectivity index (χ0n) is 15.0. The number of hydrogen-bond donors (Lipinski definition) is 1. The van der Waals surface area contributed by atoms with E-state index in [0.29, 0.717) is 17.2 Å². The molecule has 1 rings (SSSR count). The van der Waals surface area contributed by atoms with Crippen molar-refractivity contribution >= 4 is 12.0 Å². The summed E-state index contributed by atoms with van der Waals surface area (Å²) in [7, 11) is 6.48. The van der Waals surface area contributed by atoms with E-state index < -0.39 is 0 Å². The molecule has 0 aliphatic heterocycles. The van der Waals surface area contributed by atoms with E-state index in [0.717, 1.165) is 18.4 Å². The summed E-state index contributed by atoms with van der Waals surface area (Å²) >= 11 is 0. The number of hydrogen-bond acceptors (Lipinski definition) is 6. The summed E-state index contributed by atoms with van der Waals surface area (Å²) in [6.45, 7) is 2.22. The number of ether oxygens (including phenoxy) is 4. The number of carbonyl (C=O) groups is 1. The second kappa shape index (κ2) is 10.5. The van der Waals surface area contributed by atoms with Crippen molar-refractivity contribution in [3.05, 3.63) is 23.8 Å². The molecule has 0 radical (unpaired) electrons. The maximum atomic E-state index is 11.9. The van der Waals surface area contributed by atoms with Crippen molar-refractivity contribution in [3.63, 3.8) is 0 Å². The number of nitrogens with one attached hydrogen (secondary N) is 1. The van der Waals surface area contributed by atoms with Crippen molar-refractivity contribution in [2.45, 2.75) is 25.8 Å². The highest BCUT2D eigenvalue weighted by atomic mass is 16.5. The van der Waals surface area contributed by atoms with Crippen LogP contribution in [-0.2, 0) is 9.53 Å². The Balaban J connectivity index is 2.74. The molecule has 0 saturated heterocycles. The standard InChI is InChI=1S/C18H27NO5/c1-6-8-14(19-2)18(20)24-10-7-9-13-11-16(22-4)17(23-5)12-15(13)21-3/h7,9,11-12,14,19H,6,8,10H2,1-5H3/b9-7+. The van der Waals surface area contributed by atoms with Crippen LogP contribution in [0.5, 0.6) is 17.2 Å². The SMILES string of the molecule is CCCC(NC)C(=O)OC/C=C/c1cc(OC)c(OC)cc1OC. The number of likely N-dealkylation sites (N-methyl/N-ethyl adjacent to an activating group) is 1. The molecule has 0 amide bonds. The van der Waals surface area contributed by atoms with Gasteiger partial charge in [0.2, 0.25) is 0 Å². The first-order chi connectivity index (χ1) is 11.6. The average molecular weight is 337 g/mol. The van der Waals surface area contributed by atoms with Gasteiger partial charge >= 0.3 is 5.97 Å². The normalized spacial score (nSPS) is 12.0. The van der Waals surface area contributed by atoms with Gasteiger partial charge < -0.3 is 24.3 Å². The van der Waals surface area contributed by atoms with Crippen molar-refractivity contribution in [2.24, 2.45) is 0 Å². The highest BCUT2D eigenvalue weighted by molar-refractivity contribution is 5.76. The largest absolute Gasteiger partial charge is 0.496 e. The van der Waals surface area contributed by atoms with Crippen LogP contribution in [0.15, 0.2) is 18.2 Å². The Labute approximate surface area is 143 Å². The van der Waals surface area contributed by atoms with Crippen molar-refractivity contribution in [1.82, 2.24) is 5.32 Å². The minimum absolute atomic E-state index is 0.193. The van der Waals surface area contributed by atoms with Crippen LogP contribution in [0.2, 0.25) is 0 Å². The molecule has 1 unspecified atom stereocenters. The Kier molecular flexibility index (Phi) is 8.71. The summed E-state index contributed by atoms with van der Waals surface area (Å²) in [6.07, 6.45) is 5.25. The molecule has 6 heteroatoms. The van der Waals surface area contributed by atoms with Crippen LogP contribution < -0.4 is 19.5 Å². The maximum absolute atomic E-state index is 11.9. The molecule has 1 aromatic carbocycles. The van der Waals surface area contributed by atoms with E-state index in [-0.39, 0.29) is 18.6 Å². The van der Waals surface area contributed by atoms with Crippen LogP contribution in [0.3, 0.4) is 0 Å². The van der Waals surface area contributed by atoms with Crippen LogP contribution in [-0.4, -0.2) is 47.0 Å². The maximum Gasteiger partial charge on any atom is 0.323 e. The van der Waals surface area contributed by atoms with Crippen molar-refractivity contribution in [3.8, 4) is 17.2 Å². The van der Waals surface area contributed by atoms with E-state index in [2.05, 4.69) is 5.32 Å². The molecule has 0 fully saturated rings. The smallest absolute Gasteiger partial charge is 0.323 e. The Morgan fingerprint density at radius 1 is 1.12 bits per heavy atom. The van der Waals surface area contributed by atoms with E-state index in [4.69, 9.17) is 18.9 Å². The van der Waals surface area contributed by atoms with Crippen molar-refractivity contribution in [1.29, 1.82) is 0 Å². The van der Waals surface area contributed by atoms with Gasteiger partial charge in [-0.2, -0.15) is 0 Å². The lowest BCUT2D eigenvalue weighted by atomic mass is 10.1. The lowest BCUT2D eigenvalue weighted by Crippen LogP contribution is -2.35. The fourth-order valence-electron chi connectivity index (χ4n) is 2.26. The van der Waals surface area contributed by atoms with Gasteiger partial charge in [-0.1, -0.05) is 19.4 Å². The molecular formula is C18H27NO5. The third-order valence-electron chi connectivity index (χ3n) is 3.57. The molecular weight excluding hydrogens is 310 g/mol. The zero-order valence-corrected chi connectivity index (χ0v) is 15.0. The number of rotatable bonds is 10. The molecule has 0 saturated carbocycles. The third kappa shape index (κ3) is 5.45. The summed E-state index contributed by atoms with van der Waals surface area (Å²) in [6, 6.07) is 3.30. The topological polar surface area (TPSA) is 66.0 Å².